The second-order valence-electron chi connectivity index (χ2n) is 5.71. The Bertz CT molecular complexity index is 668. The molecule has 3 aromatic rings. The van der Waals surface area contributed by atoms with Gasteiger partial charge in [0.05, 0.1) is 0 Å². The summed E-state index contributed by atoms with van der Waals surface area (Å²) in [4.78, 5) is 4.84. The molecule has 1 heterocycles. The van der Waals surface area contributed by atoms with E-state index >= 15 is 0 Å². The van der Waals surface area contributed by atoms with Crippen LogP contribution in [0.4, 0.5) is 0 Å². The lowest BCUT2D eigenvalue weighted by molar-refractivity contribution is 0.964. The number of pyridine rings is 1. The molecule has 122 valence electrons. The number of hydrogen-bond acceptors (Lipinski definition) is 1. The van der Waals surface area contributed by atoms with Crippen LogP contribution >= 0.6 is 17.2 Å². The molecule has 2 unspecified atom stereocenters. The van der Waals surface area contributed by atoms with Crippen molar-refractivity contribution in [2.24, 2.45) is 0 Å². The van der Waals surface area contributed by atoms with Crippen LogP contribution in [0, 0.1) is 0 Å². The van der Waals surface area contributed by atoms with E-state index in [9.17, 15) is 0 Å². The molecule has 3 rings (SSSR count). The molecule has 0 N–H and O–H groups in total. The SMILES string of the molecule is c1ccc(PCCc2cccc(CCPc3ccccc3)n2)cc1. The van der Waals surface area contributed by atoms with Gasteiger partial charge in [0.1, 0.15) is 0 Å². The highest BCUT2D eigenvalue weighted by Gasteiger charge is 2.00. The first-order valence-corrected chi connectivity index (χ1v) is 10.8. The highest BCUT2D eigenvalue weighted by Crippen LogP contribution is 2.14. The molecule has 0 amide bonds. The van der Waals surface area contributed by atoms with Crippen LogP contribution in [0.1, 0.15) is 11.4 Å². The van der Waals surface area contributed by atoms with Gasteiger partial charge in [-0.25, -0.2) is 0 Å². The van der Waals surface area contributed by atoms with Crippen molar-refractivity contribution in [2.75, 3.05) is 12.3 Å². The Hall–Kier alpha value is -1.55. The van der Waals surface area contributed by atoms with Gasteiger partial charge in [-0.2, -0.15) is 0 Å². The Morgan fingerprint density at radius 2 is 1.00 bits per heavy atom. The smallest absolute Gasteiger partial charge is 0.0410 e. The summed E-state index contributed by atoms with van der Waals surface area (Å²) in [5.74, 6) is 0. The van der Waals surface area contributed by atoms with Gasteiger partial charge < -0.3 is 0 Å². The molecule has 0 aliphatic heterocycles. The molecule has 0 spiro atoms. The average molecular weight is 351 g/mol. The predicted octanol–water partition coefficient (Wildman–Crippen LogP) is 4.17. The molecule has 0 radical (unpaired) electrons. The summed E-state index contributed by atoms with van der Waals surface area (Å²) in [5.41, 5.74) is 2.47. The van der Waals surface area contributed by atoms with Crippen molar-refractivity contribution in [2.45, 2.75) is 12.8 Å². The van der Waals surface area contributed by atoms with Gasteiger partial charge in [0.25, 0.3) is 0 Å². The first kappa shape index (κ1) is 17.3. The standard InChI is InChI=1S/C21H23NP2/c1-3-10-20(11-4-1)23-16-14-18-8-7-9-19(22-18)15-17-24-21-12-5-2-6-13-21/h1-13,23-24H,14-17H2. The van der Waals surface area contributed by atoms with E-state index in [2.05, 4.69) is 78.9 Å². The highest BCUT2D eigenvalue weighted by atomic mass is 31.1. The van der Waals surface area contributed by atoms with E-state index in [0.717, 1.165) is 30.0 Å². The van der Waals surface area contributed by atoms with Gasteiger partial charge in [-0.05, 0) is 47.9 Å². The van der Waals surface area contributed by atoms with E-state index in [0.29, 0.717) is 0 Å². The van der Waals surface area contributed by atoms with Gasteiger partial charge in [0, 0.05) is 11.4 Å². The second kappa shape index (κ2) is 9.67. The molecular formula is C21H23NP2. The van der Waals surface area contributed by atoms with Gasteiger partial charge >= 0.3 is 0 Å². The van der Waals surface area contributed by atoms with Crippen molar-refractivity contribution in [3.8, 4) is 0 Å². The third kappa shape index (κ3) is 5.82. The van der Waals surface area contributed by atoms with Crippen molar-refractivity contribution < 1.29 is 0 Å². The quantitative estimate of drug-likeness (QED) is 0.555. The Morgan fingerprint density at radius 1 is 0.542 bits per heavy atom. The zero-order chi connectivity index (χ0) is 16.5. The van der Waals surface area contributed by atoms with Gasteiger partial charge in [0.15, 0.2) is 0 Å². The van der Waals surface area contributed by atoms with Crippen LogP contribution in [0.5, 0.6) is 0 Å². The fourth-order valence-electron chi connectivity index (χ4n) is 2.59. The molecular weight excluding hydrogens is 328 g/mol. The number of aromatic nitrogens is 1. The monoisotopic (exact) mass is 351 g/mol. The first-order chi connectivity index (χ1) is 11.9. The minimum Gasteiger partial charge on any atom is -0.258 e. The molecule has 0 fully saturated rings. The number of nitrogens with zero attached hydrogens (tertiary/aromatic N) is 1. The van der Waals surface area contributed by atoms with E-state index < -0.39 is 0 Å². The molecule has 1 aromatic heterocycles. The zero-order valence-corrected chi connectivity index (χ0v) is 15.8. The van der Waals surface area contributed by atoms with Crippen LogP contribution in [0.3, 0.4) is 0 Å². The predicted molar refractivity (Wildman–Crippen MR) is 110 cm³/mol. The van der Waals surface area contributed by atoms with E-state index in [1.54, 1.807) is 0 Å². The molecule has 0 saturated heterocycles. The van der Waals surface area contributed by atoms with Crippen LogP contribution in [-0.2, 0) is 12.8 Å². The minimum absolute atomic E-state index is 0.870. The molecule has 0 saturated carbocycles. The number of aryl methyl sites for hydroxylation is 2. The molecule has 2 atom stereocenters. The van der Waals surface area contributed by atoms with Gasteiger partial charge in [0.2, 0.25) is 0 Å². The van der Waals surface area contributed by atoms with E-state index in [1.807, 2.05) is 0 Å². The first-order valence-electron chi connectivity index (χ1n) is 8.43. The van der Waals surface area contributed by atoms with E-state index in [4.69, 9.17) is 4.98 Å². The summed E-state index contributed by atoms with van der Waals surface area (Å²) in [6, 6.07) is 28.0. The second-order valence-corrected chi connectivity index (χ2v) is 8.57. The number of hydrogen-bond donors (Lipinski definition) is 0. The van der Waals surface area contributed by atoms with Crippen LogP contribution in [0.15, 0.2) is 78.9 Å². The molecule has 0 bridgehead atoms. The summed E-state index contributed by atoms with van der Waals surface area (Å²) in [6.45, 7) is 0. The van der Waals surface area contributed by atoms with Crippen LogP contribution < -0.4 is 10.6 Å². The van der Waals surface area contributed by atoms with Crippen LogP contribution in [-0.4, -0.2) is 17.3 Å². The Morgan fingerprint density at radius 3 is 1.46 bits per heavy atom. The largest absolute Gasteiger partial charge is 0.258 e. The van der Waals surface area contributed by atoms with Crippen molar-refractivity contribution >= 4 is 27.8 Å². The van der Waals surface area contributed by atoms with Gasteiger partial charge in [-0.15, -0.1) is 0 Å². The maximum atomic E-state index is 4.84. The van der Waals surface area contributed by atoms with Crippen molar-refractivity contribution in [3.63, 3.8) is 0 Å². The van der Waals surface area contributed by atoms with E-state index in [-0.39, 0.29) is 0 Å². The van der Waals surface area contributed by atoms with Crippen LogP contribution in [0.2, 0.25) is 0 Å². The molecule has 24 heavy (non-hydrogen) atoms. The topological polar surface area (TPSA) is 12.9 Å². The normalized spacial score (nSPS) is 11.7. The van der Waals surface area contributed by atoms with Crippen molar-refractivity contribution in [3.05, 3.63) is 90.3 Å². The fraction of sp³-hybridized carbons (Fsp3) is 0.190. The summed E-state index contributed by atoms with van der Waals surface area (Å²) in [6.07, 6.45) is 4.52. The summed E-state index contributed by atoms with van der Waals surface area (Å²) >= 11 is 0. The molecule has 2 aromatic carbocycles. The van der Waals surface area contributed by atoms with Crippen LogP contribution in [0.25, 0.3) is 0 Å². The lowest BCUT2D eigenvalue weighted by Crippen LogP contribution is -2.01. The summed E-state index contributed by atoms with van der Waals surface area (Å²) < 4.78 is 0. The molecule has 1 nitrogen and oxygen atoms in total. The zero-order valence-electron chi connectivity index (χ0n) is 13.8. The maximum absolute atomic E-state index is 4.84. The molecule has 0 aliphatic carbocycles. The summed E-state index contributed by atoms with van der Waals surface area (Å²) in [5, 5.41) is 2.88. The number of rotatable bonds is 8. The van der Waals surface area contributed by atoms with Gasteiger partial charge in [-0.3, -0.25) is 4.98 Å². The number of benzene rings is 2. The van der Waals surface area contributed by atoms with Crippen molar-refractivity contribution in [1.82, 2.24) is 4.98 Å². The van der Waals surface area contributed by atoms with Crippen molar-refractivity contribution in [1.29, 1.82) is 0 Å². The highest BCUT2D eigenvalue weighted by molar-refractivity contribution is 7.47. The van der Waals surface area contributed by atoms with Gasteiger partial charge in [-0.1, -0.05) is 83.9 Å². The third-order valence-corrected chi connectivity index (χ3v) is 6.32. The molecule has 3 heteroatoms. The average Bonchev–Trinajstić information content (AvgIpc) is 2.64. The van der Waals surface area contributed by atoms with E-state index in [1.165, 1.54) is 34.3 Å². The fourth-order valence-corrected chi connectivity index (χ4v) is 4.79. The Kier molecular flexibility index (Phi) is 6.97. The third-order valence-electron chi connectivity index (χ3n) is 3.83. The Balaban J connectivity index is 1.45. The lowest BCUT2D eigenvalue weighted by atomic mass is 10.2. The maximum Gasteiger partial charge on any atom is 0.0410 e. The summed E-state index contributed by atoms with van der Waals surface area (Å²) in [7, 11) is 1.74. The minimum atomic E-state index is 0.870. The molecule has 0 aliphatic rings. The Labute approximate surface area is 148 Å². The lowest BCUT2D eigenvalue weighted by Gasteiger charge is -2.06.